The summed E-state index contributed by atoms with van der Waals surface area (Å²) in [6, 6.07) is 7.32. The van der Waals surface area contributed by atoms with Gasteiger partial charge in [-0.15, -0.1) is 6.58 Å². The number of ether oxygens (including phenoxy) is 1. The van der Waals surface area contributed by atoms with E-state index < -0.39 is 68.0 Å². The SMILES string of the molecule is C=C[C@@H]1C[C@]1(NC(=O)[C@H](CNc1ccc(-c2ccsc2)cc1)NC(=O)[C@@H](NC(=O)OC1CCCC1)C(C)(C)C)C(=O)NS(=O)(=O)C1CC1. The van der Waals surface area contributed by atoms with Gasteiger partial charge in [0.05, 0.1) is 5.25 Å². The molecule has 3 aliphatic rings. The van der Waals surface area contributed by atoms with Crippen LogP contribution in [0.5, 0.6) is 0 Å². The first kappa shape index (κ1) is 35.4. The van der Waals surface area contributed by atoms with E-state index in [4.69, 9.17) is 4.74 Å². The van der Waals surface area contributed by atoms with Crippen molar-refractivity contribution in [2.24, 2.45) is 11.3 Å². The number of alkyl carbamates (subject to hydrolysis) is 1. The maximum Gasteiger partial charge on any atom is 0.408 e. The second-order valence-electron chi connectivity index (χ2n) is 14.0. The average Bonchev–Trinajstić information content (AvgIpc) is 3.88. The summed E-state index contributed by atoms with van der Waals surface area (Å²) >= 11 is 1.59. The number of carbonyl (C=O) groups excluding carboxylic acids is 4. The molecule has 14 heteroatoms. The van der Waals surface area contributed by atoms with Gasteiger partial charge in [0.1, 0.15) is 23.7 Å². The summed E-state index contributed by atoms with van der Waals surface area (Å²) in [6.07, 6.45) is 5.17. The number of anilines is 1. The van der Waals surface area contributed by atoms with Crippen LogP contribution in [0.1, 0.15) is 65.7 Å². The van der Waals surface area contributed by atoms with Gasteiger partial charge in [-0.05, 0) is 90.4 Å². The van der Waals surface area contributed by atoms with Crippen molar-refractivity contribution in [3.8, 4) is 11.1 Å². The summed E-state index contributed by atoms with van der Waals surface area (Å²) in [7, 11) is -3.87. The zero-order chi connectivity index (χ0) is 34.7. The van der Waals surface area contributed by atoms with Crippen molar-refractivity contribution in [1.82, 2.24) is 20.7 Å². The molecule has 3 fully saturated rings. The third-order valence-corrected chi connectivity index (χ3v) is 11.6. The number of thiophene rings is 1. The number of hydrogen-bond donors (Lipinski definition) is 5. The molecule has 1 aromatic heterocycles. The van der Waals surface area contributed by atoms with Gasteiger partial charge in [-0.3, -0.25) is 19.1 Å². The van der Waals surface area contributed by atoms with Crippen LogP contribution < -0.4 is 26.0 Å². The number of nitrogens with one attached hydrogen (secondary N) is 5. The van der Waals surface area contributed by atoms with Gasteiger partial charge in [0, 0.05) is 18.2 Å². The lowest BCUT2D eigenvalue weighted by atomic mass is 9.86. The summed E-state index contributed by atoms with van der Waals surface area (Å²) < 4.78 is 32.8. The van der Waals surface area contributed by atoms with Crippen LogP contribution >= 0.6 is 11.3 Å². The van der Waals surface area contributed by atoms with Crippen molar-refractivity contribution in [3.05, 3.63) is 53.7 Å². The number of sulfonamides is 1. The third kappa shape index (κ3) is 8.56. The van der Waals surface area contributed by atoms with Crippen molar-refractivity contribution in [1.29, 1.82) is 0 Å². The molecular formula is C34H45N5O7S2. The molecule has 12 nitrogen and oxygen atoms in total. The van der Waals surface area contributed by atoms with Gasteiger partial charge in [-0.25, -0.2) is 13.2 Å². The van der Waals surface area contributed by atoms with E-state index in [0.29, 0.717) is 18.5 Å². The molecule has 0 radical (unpaired) electrons. The van der Waals surface area contributed by atoms with Crippen LogP contribution in [0.4, 0.5) is 10.5 Å². The van der Waals surface area contributed by atoms with Crippen LogP contribution in [0.3, 0.4) is 0 Å². The maximum atomic E-state index is 13.9. The summed E-state index contributed by atoms with van der Waals surface area (Å²) in [5.74, 6) is -2.65. The summed E-state index contributed by atoms with van der Waals surface area (Å²) in [5.41, 5.74) is 0.500. The number of rotatable bonds is 14. The molecule has 0 bridgehead atoms. The first-order chi connectivity index (χ1) is 22.7. The molecule has 0 unspecified atom stereocenters. The van der Waals surface area contributed by atoms with Gasteiger partial charge < -0.3 is 26.0 Å². The van der Waals surface area contributed by atoms with Crippen molar-refractivity contribution in [3.63, 3.8) is 0 Å². The summed E-state index contributed by atoms with van der Waals surface area (Å²) in [5, 5.41) is 14.8. The smallest absolute Gasteiger partial charge is 0.408 e. The van der Waals surface area contributed by atoms with Crippen LogP contribution in [0.25, 0.3) is 11.1 Å². The number of amides is 4. The van der Waals surface area contributed by atoms with Crippen LogP contribution in [-0.2, 0) is 29.1 Å². The van der Waals surface area contributed by atoms with E-state index in [1.165, 1.54) is 6.08 Å². The monoisotopic (exact) mass is 699 g/mol. The molecule has 1 aromatic carbocycles. The molecule has 3 saturated carbocycles. The predicted octanol–water partition coefficient (Wildman–Crippen LogP) is 4.06. The van der Waals surface area contributed by atoms with Gasteiger partial charge in [0.15, 0.2) is 0 Å². The van der Waals surface area contributed by atoms with E-state index in [1.807, 2.05) is 41.1 Å². The molecule has 1 heterocycles. The Labute approximate surface area is 285 Å². The minimum Gasteiger partial charge on any atom is -0.446 e. The van der Waals surface area contributed by atoms with Crippen molar-refractivity contribution in [2.45, 2.75) is 94.7 Å². The zero-order valence-electron chi connectivity index (χ0n) is 27.5. The Morgan fingerprint density at radius 3 is 2.25 bits per heavy atom. The largest absolute Gasteiger partial charge is 0.446 e. The number of hydrogen-bond acceptors (Lipinski definition) is 9. The van der Waals surface area contributed by atoms with Gasteiger partial charge in [0.25, 0.3) is 5.91 Å². The lowest BCUT2D eigenvalue weighted by molar-refractivity contribution is -0.133. The topological polar surface area (TPSA) is 172 Å². The van der Waals surface area contributed by atoms with Crippen LogP contribution in [0.15, 0.2) is 53.7 Å². The second kappa shape index (κ2) is 14.3. The van der Waals surface area contributed by atoms with Crippen LogP contribution in [0.2, 0.25) is 0 Å². The third-order valence-electron chi connectivity index (χ3n) is 9.10. The standard InChI is InChI=1S/C34H45N5O7S2/c1-5-23-18-34(23,31(42)39-48(44,45)26-14-15-26)38-29(40)27(19-35-24-12-10-21(11-13-24)22-16-17-47-20-22)36-30(41)28(33(2,3)4)37-32(43)46-25-8-6-7-9-25/h5,10-13,16-17,20,23,25-28,35H,1,6-9,14-15,18-19H2,2-4H3,(H,36,41)(H,37,43)(H,38,40)(H,39,42)/t23-,27+,28-,34-/m1/s1. The fourth-order valence-corrected chi connectivity index (χ4v) is 7.93. The molecule has 0 aliphatic heterocycles. The molecule has 3 aliphatic carbocycles. The molecule has 4 amide bonds. The molecule has 260 valence electrons. The molecule has 0 saturated heterocycles. The lowest BCUT2D eigenvalue weighted by Crippen LogP contribution is -2.62. The minimum absolute atomic E-state index is 0.0738. The van der Waals surface area contributed by atoms with E-state index >= 15 is 0 Å². The van der Waals surface area contributed by atoms with Gasteiger partial charge in [-0.1, -0.05) is 39.0 Å². The van der Waals surface area contributed by atoms with Crippen molar-refractivity contribution in [2.75, 3.05) is 11.9 Å². The molecule has 5 N–H and O–H groups in total. The fourth-order valence-electron chi connectivity index (χ4n) is 5.90. The van der Waals surface area contributed by atoms with E-state index in [9.17, 15) is 27.6 Å². The summed E-state index contributed by atoms with van der Waals surface area (Å²) in [4.78, 5) is 53.9. The highest BCUT2D eigenvalue weighted by Gasteiger charge is 2.61. The Morgan fingerprint density at radius 2 is 1.69 bits per heavy atom. The second-order valence-corrected chi connectivity index (χ2v) is 16.7. The lowest BCUT2D eigenvalue weighted by Gasteiger charge is -2.32. The normalized spacial score (nSPS) is 22.1. The Kier molecular flexibility index (Phi) is 10.5. The Morgan fingerprint density at radius 1 is 1.00 bits per heavy atom. The highest BCUT2D eigenvalue weighted by molar-refractivity contribution is 7.91. The number of carbonyl (C=O) groups is 4. The van der Waals surface area contributed by atoms with E-state index in [2.05, 4.69) is 32.6 Å². The first-order valence-corrected chi connectivity index (χ1v) is 18.9. The van der Waals surface area contributed by atoms with E-state index in [-0.39, 0.29) is 19.1 Å². The predicted molar refractivity (Wildman–Crippen MR) is 185 cm³/mol. The molecule has 5 rings (SSSR count). The van der Waals surface area contributed by atoms with Gasteiger partial charge in [-0.2, -0.15) is 11.3 Å². The van der Waals surface area contributed by atoms with Gasteiger partial charge >= 0.3 is 6.09 Å². The first-order valence-electron chi connectivity index (χ1n) is 16.4. The summed E-state index contributed by atoms with van der Waals surface area (Å²) in [6.45, 7) is 9.03. The molecule has 0 spiro atoms. The maximum absolute atomic E-state index is 13.9. The van der Waals surface area contributed by atoms with E-state index in [1.54, 1.807) is 32.1 Å². The average molecular weight is 700 g/mol. The molecule has 2 aromatic rings. The Balaban J connectivity index is 1.33. The van der Waals surface area contributed by atoms with Crippen molar-refractivity contribution >= 4 is 50.9 Å². The number of benzene rings is 1. The Bertz CT molecular complexity index is 1610. The minimum atomic E-state index is -3.87. The fraction of sp³-hybridized carbons (Fsp3) is 0.529. The van der Waals surface area contributed by atoms with Crippen molar-refractivity contribution < 1.29 is 32.3 Å². The molecule has 48 heavy (non-hydrogen) atoms. The highest BCUT2D eigenvalue weighted by Crippen LogP contribution is 2.45. The van der Waals surface area contributed by atoms with E-state index in [0.717, 1.165) is 36.8 Å². The quantitative estimate of drug-likeness (QED) is 0.184. The Hall–Kier alpha value is -3.91. The molecule has 4 atom stereocenters. The van der Waals surface area contributed by atoms with Gasteiger partial charge in [0.2, 0.25) is 21.8 Å². The molecular weight excluding hydrogens is 655 g/mol. The van der Waals surface area contributed by atoms with Crippen LogP contribution in [0, 0.1) is 11.3 Å². The zero-order valence-corrected chi connectivity index (χ0v) is 29.2. The highest BCUT2D eigenvalue weighted by atomic mass is 32.2. The van der Waals surface area contributed by atoms with Crippen LogP contribution in [-0.4, -0.2) is 67.8 Å².